The van der Waals surface area contributed by atoms with Crippen LogP contribution in [-0.2, 0) is 6.42 Å². The van der Waals surface area contributed by atoms with E-state index in [4.69, 9.17) is 0 Å². The van der Waals surface area contributed by atoms with Gasteiger partial charge in [-0.05, 0) is 32.9 Å². The van der Waals surface area contributed by atoms with E-state index in [9.17, 15) is 0 Å². The maximum absolute atomic E-state index is 4.28. The van der Waals surface area contributed by atoms with Crippen molar-refractivity contribution in [3.63, 3.8) is 0 Å². The second-order valence-electron chi connectivity index (χ2n) is 5.20. The van der Waals surface area contributed by atoms with Crippen LogP contribution < -0.4 is 5.32 Å². The van der Waals surface area contributed by atoms with Crippen LogP contribution >= 0.6 is 0 Å². The molecule has 0 unspecified atom stereocenters. The highest BCUT2D eigenvalue weighted by Gasteiger charge is 2.27. The summed E-state index contributed by atoms with van der Waals surface area (Å²) in [5.41, 5.74) is 2.26. The Kier molecular flexibility index (Phi) is 2.02. The summed E-state index contributed by atoms with van der Waals surface area (Å²) >= 11 is 0. The largest absolute Gasteiger partial charge is 0.378 e. The Bertz CT molecular complexity index is 569. The van der Waals surface area contributed by atoms with Gasteiger partial charge in [0.25, 0.3) is 0 Å². The van der Waals surface area contributed by atoms with Crippen molar-refractivity contribution in [2.75, 3.05) is 5.32 Å². The van der Waals surface area contributed by atoms with Crippen molar-refractivity contribution in [2.45, 2.75) is 32.7 Å². The van der Waals surface area contributed by atoms with Gasteiger partial charge in [0.2, 0.25) is 0 Å². The molecule has 1 aromatic heterocycles. The predicted octanol–water partition coefficient (Wildman–Crippen LogP) is 2.32. The lowest BCUT2D eigenvalue weighted by Crippen LogP contribution is -2.32. The van der Waals surface area contributed by atoms with Crippen LogP contribution in [0.15, 0.2) is 24.3 Å². The van der Waals surface area contributed by atoms with Gasteiger partial charge in [0.05, 0.1) is 11.4 Å². The zero-order valence-electron chi connectivity index (χ0n) is 10.4. The molecule has 1 aromatic carbocycles. The minimum atomic E-state index is -0.0101. The highest BCUT2D eigenvalue weighted by molar-refractivity contribution is 5.64. The number of nitrogens with one attached hydrogen (secondary N) is 1. The summed E-state index contributed by atoms with van der Waals surface area (Å²) in [6.45, 7) is 6.36. The number of aryl methyl sites for hydroxylation is 1. The Balaban J connectivity index is 2.30. The number of nitrogens with zero attached hydrogens (tertiary/aromatic N) is 3. The molecule has 17 heavy (non-hydrogen) atoms. The lowest BCUT2D eigenvalue weighted by atomic mass is 10.0. The summed E-state index contributed by atoms with van der Waals surface area (Å²) in [7, 11) is 0. The van der Waals surface area contributed by atoms with Gasteiger partial charge in [0.1, 0.15) is 11.6 Å². The molecule has 0 atom stereocenters. The highest BCUT2D eigenvalue weighted by atomic mass is 15.3. The second-order valence-corrected chi connectivity index (χ2v) is 5.20. The molecule has 0 bridgehead atoms. The molecule has 1 N–H and O–H groups in total. The SMILES string of the molecule is Cc1nnc2n1-c1ccccc1NC(C)(C)C2. The molecule has 0 saturated carbocycles. The van der Waals surface area contributed by atoms with Crippen molar-refractivity contribution in [3.05, 3.63) is 35.9 Å². The first kappa shape index (κ1) is 10.3. The number of anilines is 1. The van der Waals surface area contributed by atoms with Crippen molar-refractivity contribution in [1.82, 2.24) is 14.8 Å². The van der Waals surface area contributed by atoms with Crippen molar-refractivity contribution in [3.8, 4) is 5.69 Å². The zero-order valence-corrected chi connectivity index (χ0v) is 10.4. The molecule has 3 rings (SSSR count). The summed E-state index contributed by atoms with van der Waals surface area (Å²) in [5.74, 6) is 1.96. The Labute approximate surface area is 101 Å². The molecule has 4 nitrogen and oxygen atoms in total. The molecule has 0 aliphatic carbocycles. The maximum Gasteiger partial charge on any atom is 0.139 e. The molecular formula is C13H16N4. The predicted molar refractivity (Wildman–Crippen MR) is 67.5 cm³/mol. The normalized spacial score (nSPS) is 16.6. The summed E-state index contributed by atoms with van der Waals surface area (Å²) in [5, 5.41) is 12.0. The Morgan fingerprint density at radius 3 is 2.82 bits per heavy atom. The van der Waals surface area contributed by atoms with Crippen molar-refractivity contribution < 1.29 is 0 Å². The third kappa shape index (κ3) is 1.60. The van der Waals surface area contributed by atoms with Gasteiger partial charge >= 0.3 is 0 Å². The van der Waals surface area contributed by atoms with Crippen LogP contribution in [0.25, 0.3) is 5.69 Å². The molecule has 1 aliphatic heterocycles. The van der Waals surface area contributed by atoms with Crippen molar-refractivity contribution in [1.29, 1.82) is 0 Å². The van der Waals surface area contributed by atoms with E-state index in [0.29, 0.717) is 0 Å². The molecule has 4 heteroatoms. The van der Waals surface area contributed by atoms with Gasteiger partial charge in [-0.3, -0.25) is 4.57 Å². The first-order valence-corrected chi connectivity index (χ1v) is 5.85. The first-order chi connectivity index (χ1) is 8.07. The molecule has 1 aliphatic rings. The third-order valence-corrected chi connectivity index (χ3v) is 3.11. The lowest BCUT2D eigenvalue weighted by Gasteiger charge is -2.24. The molecule has 0 radical (unpaired) electrons. The summed E-state index contributed by atoms with van der Waals surface area (Å²) in [4.78, 5) is 0. The number of rotatable bonds is 0. The number of hydrogen-bond acceptors (Lipinski definition) is 3. The molecule has 0 amide bonds. The van der Waals surface area contributed by atoms with Gasteiger partial charge in [-0.1, -0.05) is 12.1 Å². The summed E-state index contributed by atoms with van der Waals surface area (Å²) < 4.78 is 2.14. The molecule has 88 valence electrons. The van der Waals surface area contributed by atoms with E-state index in [1.807, 2.05) is 19.1 Å². The van der Waals surface area contributed by atoms with Crippen LogP contribution in [0.1, 0.15) is 25.5 Å². The topological polar surface area (TPSA) is 42.7 Å². The fourth-order valence-corrected chi connectivity index (χ4v) is 2.41. The molecular weight excluding hydrogens is 212 g/mol. The number of fused-ring (bicyclic) bond motifs is 3. The second kappa shape index (κ2) is 3.32. The van der Waals surface area contributed by atoms with Crippen LogP contribution in [0.2, 0.25) is 0 Å². The van der Waals surface area contributed by atoms with Gasteiger partial charge in [-0.25, -0.2) is 0 Å². The van der Waals surface area contributed by atoms with E-state index in [-0.39, 0.29) is 5.54 Å². The van der Waals surface area contributed by atoms with Crippen molar-refractivity contribution in [2.24, 2.45) is 0 Å². The van der Waals surface area contributed by atoms with Crippen LogP contribution in [-0.4, -0.2) is 20.3 Å². The van der Waals surface area contributed by atoms with Gasteiger partial charge in [-0.2, -0.15) is 0 Å². The van der Waals surface area contributed by atoms with Crippen LogP contribution in [0, 0.1) is 6.92 Å². The molecule has 0 saturated heterocycles. The number of benzene rings is 1. The highest BCUT2D eigenvalue weighted by Crippen LogP contribution is 2.30. The maximum atomic E-state index is 4.28. The third-order valence-electron chi connectivity index (χ3n) is 3.11. The van der Waals surface area contributed by atoms with Crippen LogP contribution in [0.3, 0.4) is 0 Å². The summed E-state index contributed by atoms with van der Waals surface area (Å²) in [6, 6.07) is 8.30. The number of hydrogen-bond donors (Lipinski definition) is 1. The smallest absolute Gasteiger partial charge is 0.139 e. The number of aromatic nitrogens is 3. The Hall–Kier alpha value is -1.84. The first-order valence-electron chi connectivity index (χ1n) is 5.85. The molecule has 0 spiro atoms. The molecule has 2 heterocycles. The minimum absolute atomic E-state index is 0.0101. The van der Waals surface area contributed by atoms with Gasteiger partial charge in [0.15, 0.2) is 0 Å². The van der Waals surface area contributed by atoms with E-state index in [2.05, 4.69) is 46.1 Å². The monoisotopic (exact) mass is 228 g/mol. The Morgan fingerprint density at radius 1 is 1.24 bits per heavy atom. The molecule has 2 aromatic rings. The van der Waals surface area contributed by atoms with Crippen molar-refractivity contribution >= 4 is 5.69 Å². The quantitative estimate of drug-likeness (QED) is 0.752. The average Bonchev–Trinajstić information content (AvgIpc) is 2.55. The fourth-order valence-electron chi connectivity index (χ4n) is 2.41. The Morgan fingerprint density at radius 2 is 2.00 bits per heavy atom. The van der Waals surface area contributed by atoms with Crippen LogP contribution in [0.4, 0.5) is 5.69 Å². The van der Waals surface area contributed by atoms with Crippen LogP contribution in [0.5, 0.6) is 0 Å². The van der Waals surface area contributed by atoms with E-state index in [0.717, 1.165) is 29.4 Å². The van der Waals surface area contributed by atoms with E-state index in [1.165, 1.54) is 0 Å². The zero-order chi connectivity index (χ0) is 12.0. The van der Waals surface area contributed by atoms with E-state index in [1.54, 1.807) is 0 Å². The average molecular weight is 228 g/mol. The van der Waals surface area contributed by atoms with Gasteiger partial charge < -0.3 is 5.32 Å². The minimum Gasteiger partial charge on any atom is -0.378 e. The van der Waals surface area contributed by atoms with Gasteiger partial charge in [0, 0.05) is 12.0 Å². The van der Waals surface area contributed by atoms with Gasteiger partial charge in [-0.15, -0.1) is 10.2 Å². The fraction of sp³-hybridized carbons (Fsp3) is 0.385. The lowest BCUT2D eigenvalue weighted by molar-refractivity contribution is 0.549. The van der Waals surface area contributed by atoms with E-state index >= 15 is 0 Å². The summed E-state index contributed by atoms with van der Waals surface area (Å²) in [6.07, 6.45) is 0.864. The molecule has 0 fully saturated rings. The van der Waals surface area contributed by atoms with E-state index < -0.39 is 0 Å². The standard InChI is InChI=1S/C13H16N4/c1-9-15-16-12-8-13(2,3)14-10-6-4-5-7-11(10)17(9)12/h4-7,14H,8H2,1-3H3. The number of para-hydroxylation sites is 2.